The summed E-state index contributed by atoms with van der Waals surface area (Å²) in [7, 11) is 0. The molecule has 1 aromatic carbocycles. The summed E-state index contributed by atoms with van der Waals surface area (Å²) in [6.45, 7) is 0. The molecular weight excluding hydrogens is 303 g/mol. The number of carbonyl (C=O) groups is 2. The molecule has 0 aromatic heterocycles. The lowest BCUT2D eigenvalue weighted by Gasteiger charge is -2.10. The van der Waals surface area contributed by atoms with E-state index in [0.29, 0.717) is 5.75 Å². The Morgan fingerprint density at radius 3 is 2.95 bits per heavy atom. The van der Waals surface area contributed by atoms with Gasteiger partial charge in [-0.15, -0.1) is 0 Å². The van der Waals surface area contributed by atoms with Gasteiger partial charge < -0.3 is 10.6 Å². The van der Waals surface area contributed by atoms with Crippen LogP contribution in [0.1, 0.15) is 17.9 Å². The SMILES string of the molecule is O=C1N[C@H](C(=O)N[C@@H]2C[C@H]2c2ccc(Cl)c(F)c2)CS1. The molecule has 1 saturated heterocycles. The van der Waals surface area contributed by atoms with Gasteiger partial charge in [-0.2, -0.15) is 0 Å². The molecule has 3 atom stereocenters. The van der Waals surface area contributed by atoms with E-state index in [1.54, 1.807) is 6.07 Å². The monoisotopic (exact) mass is 314 g/mol. The molecule has 20 heavy (non-hydrogen) atoms. The molecule has 0 spiro atoms. The third-order valence-electron chi connectivity index (χ3n) is 3.48. The van der Waals surface area contributed by atoms with Gasteiger partial charge in [0.1, 0.15) is 11.9 Å². The zero-order valence-electron chi connectivity index (χ0n) is 10.4. The maximum absolute atomic E-state index is 13.4. The molecule has 2 fully saturated rings. The summed E-state index contributed by atoms with van der Waals surface area (Å²) in [5.41, 5.74) is 0.835. The third-order valence-corrected chi connectivity index (χ3v) is 4.67. The van der Waals surface area contributed by atoms with Crippen molar-refractivity contribution >= 4 is 34.5 Å². The van der Waals surface area contributed by atoms with Crippen LogP contribution >= 0.6 is 23.4 Å². The van der Waals surface area contributed by atoms with Crippen molar-refractivity contribution in [3.63, 3.8) is 0 Å². The quantitative estimate of drug-likeness (QED) is 0.900. The Labute approximate surface area is 124 Å². The van der Waals surface area contributed by atoms with Gasteiger partial charge in [0.15, 0.2) is 0 Å². The fraction of sp³-hybridized carbons (Fsp3) is 0.385. The molecule has 0 unspecified atom stereocenters. The lowest BCUT2D eigenvalue weighted by Crippen LogP contribution is -2.43. The zero-order chi connectivity index (χ0) is 14.3. The average Bonchev–Trinajstić information content (AvgIpc) is 3.03. The van der Waals surface area contributed by atoms with E-state index in [1.165, 1.54) is 12.1 Å². The van der Waals surface area contributed by atoms with Gasteiger partial charge in [0.05, 0.1) is 5.02 Å². The summed E-state index contributed by atoms with van der Waals surface area (Å²) < 4.78 is 13.4. The summed E-state index contributed by atoms with van der Waals surface area (Å²) in [5.74, 6) is -0.0428. The van der Waals surface area contributed by atoms with Crippen molar-refractivity contribution in [1.29, 1.82) is 0 Å². The third kappa shape index (κ3) is 2.76. The first-order valence-electron chi connectivity index (χ1n) is 6.23. The molecule has 1 aliphatic carbocycles. The number of nitrogens with one attached hydrogen (secondary N) is 2. The van der Waals surface area contributed by atoms with E-state index in [0.717, 1.165) is 23.7 Å². The lowest BCUT2D eigenvalue weighted by atomic mass is 10.1. The van der Waals surface area contributed by atoms with Gasteiger partial charge in [0, 0.05) is 17.7 Å². The van der Waals surface area contributed by atoms with Crippen molar-refractivity contribution < 1.29 is 14.0 Å². The van der Waals surface area contributed by atoms with Crippen molar-refractivity contribution in [2.75, 3.05) is 5.75 Å². The zero-order valence-corrected chi connectivity index (χ0v) is 11.9. The normalized spacial score (nSPS) is 28.1. The van der Waals surface area contributed by atoms with Crippen molar-refractivity contribution in [2.24, 2.45) is 0 Å². The molecule has 4 nitrogen and oxygen atoms in total. The first-order valence-corrected chi connectivity index (χ1v) is 7.59. The van der Waals surface area contributed by atoms with Crippen molar-refractivity contribution in [3.05, 3.63) is 34.6 Å². The second kappa shape index (κ2) is 5.26. The molecule has 0 bridgehead atoms. The van der Waals surface area contributed by atoms with Gasteiger partial charge in [-0.05, 0) is 24.1 Å². The largest absolute Gasteiger partial charge is 0.351 e. The van der Waals surface area contributed by atoms with E-state index >= 15 is 0 Å². The molecule has 106 valence electrons. The number of amides is 2. The Bertz CT molecular complexity index is 583. The Balaban J connectivity index is 1.57. The maximum atomic E-state index is 13.4. The van der Waals surface area contributed by atoms with Crippen molar-refractivity contribution in [2.45, 2.75) is 24.4 Å². The summed E-state index contributed by atoms with van der Waals surface area (Å²) in [4.78, 5) is 22.9. The fourth-order valence-corrected chi connectivity index (χ4v) is 3.17. The minimum atomic E-state index is -0.462. The first kappa shape index (κ1) is 13.7. The van der Waals surface area contributed by atoms with Crippen LogP contribution in [0.25, 0.3) is 0 Å². The highest BCUT2D eigenvalue weighted by Crippen LogP contribution is 2.41. The molecule has 2 aliphatic rings. The number of rotatable bonds is 3. The van der Waals surface area contributed by atoms with Crippen LogP contribution < -0.4 is 10.6 Å². The predicted molar refractivity (Wildman–Crippen MR) is 75.5 cm³/mol. The van der Waals surface area contributed by atoms with Crippen molar-refractivity contribution in [3.8, 4) is 0 Å². The maximum Gasteiger partial charge on any atom is 0.279 e. The molecule has 1 saturated carbocycles. The van der Waals surface area contributed by atoms with Crippen LogP contribution in [0.4, 0.5) is 9.18 Å². The topological polar surface area (TPSA) is 58.2 Å². The number of thioether (sulfide) groups is 1. The summed E-state index contributed by atoms with van der Waals surface area (Å²) in [6, 6.07) is 4.25. The molecule has 1 aromatic rings. The van der Waals surface area contributed by atoms with Crippen LogP contribution in [-0.2, 0) is 4.79 Å². The van der Waals surface area contributed by atoms with Gasteiger partial charge in [-0.1, -0.05) is 29.4 Å². The van der Waals surface area contributed by atoms with Crippen LogP contribution in [0.15, 0.2) is 18.2 Å². The fourth-order valence-electron chi connectivity index (χ4n) is 2.28. The van der Waals surface area contributed by atoms with Gasteiger partial charge in [-0.3, -0.25) is 9.59 Å². The number of halogens is 2. The standard InChI is InChI=1S/C13H12ClFN2O2S/c14-8-2-1-6(3-9(8)15)7-4-10(7)16-12(18)11-5-20-13(19)17-11/h1-3,7,10-11H,4-5H2,(H,16,18)(H,17,19)/t7-,10+,11-/m0/s1. The summed E-state index contributed by atoms with van der Waals surface area (Å²) >= 11 is 6.75. The Kier molecular flexibility index (Phi) is 3.60. The number of benzene rings is 1. The lowest BCUT2D eigenvalue weighted by molar-refractivity contribution is -0.122. The summed E-state index contributed by atoms with van der Waals surface area (Å²) in [6.07, 6.45) is 0.778. The minimum Gasteiger partial charge on any atom is -0.351 e. The van der Waals surface area contributed by atoms with E-state index in [2.05, 4.69) is 10.6 Å². The average molecular weight is 315 g/mol. The smallest absolute Gasteiger partial charge is 0.279 e. The van der Waals surface area contributed by atoms with Crippen LogP contribution in [0.5, 0.6) is 0 Å². The van der Waals surface area contributed by atoms with E-state index in [4.69, 9.17) is 11.6 Å². The Hall–Kier alpha value is -1.27. The molecule has 1 aliphatic heterocycles. The van der Waals surface area contributed by atoms with Gasteiger partial charge in [0.25, 0.3) is 5.24 Å². The molecule has 2 amide bonds. The van der Waals surface area contributed by atoms with Crippen molar-refractivity contribution in [1.82, 2.24) is 10.6 Å². The van der Waals surface area contributed by atoms with Crippen LogP contribution in [0, 0.1) is 5.82 Å². The second-order valence-electron chi connectivity index (χ2n) is 4.93. The van der Waals surface area contributed by atoms with Gasteiger partial charge in [-0.25, -0.2) is 4.39 Å². The first-order chi connectivity index (χ1) is 9.54. The van der Waals surface area contributed by atoms with E-state index < -0.39 is 11.9 Å². The highest BCUT2D eigenvalue weighted by atomic mass is 35.5. The Morgan fingerprint density at radius 2 is 2.30 bits per heavy atom. The van der Waals surface area contributed by atoms with Crippen LogP contribution in [0.3, 0.4) is 0 Å². The van der Waals surface area contributed by atoms with E-state index in [9.17, 15) is 14.0 Å². The predicted octanol–water partition coefficient (Wildman–Crippen LogP) is 2.28. The molecule has 2 N–H and O–H groups in total. The molecule has 0 radical (unpaired) electrons. The number of carbonyl (C=O) groups excluding carboxylic acids is 2. The molecule has 7 heteroatoms. The Morgan fingerprint density at radius 1 is 1.50 bits per heavy atom. The minimum absolute atomic E-state index is 0.00516. The van der Waals surface area contributed by atoms with Gasteiger partial charge in [0.2, 0.25) is 5.91 Å². The highest BCUT2D eigenvalue weighted by Gasteiger charge is 2.41. The van der Waals surface area contributed by atoms with Crippen LogP contribution in [0.2, 0.25) is 5.02 Å². The van der Waals surface area contributed by atoms with E-state index in [1.807, 2.05) is 0 Å². The number of hydrogen-bond donors (Lipinski definition) is 2. The van der Waals surface area contributed by atoms with E-state index in [-0.39, 0.29) is 28.1 Å². The molecular formula is C13H12ClFN2O2S. The van der Waals surface area contributed by atoms with Crippen LogP contribution in [-0.4, -0.2) is 29.0 Å². The van der Waals surface area contributed by atoms with Gasteiger partial charge >= 0.3 is 0 Å². The summed E-state index contributed by atoms with van der Waals surface area (Å²) in [5, 5.41) is 5.40. The second-order valence-corrected chi connectivity index (χ2v) is 6.33. The number of hydrogen-bond acceptors (Lipinski definition) is 3. The molecule has 3 rings (SSSR count). The molecule has 1 heterocycles. The highest BCUT2D eigenvalue weighted by molar-refractivity contribution is 8.14.